The molecule has 5 nitrogen and oxygen atoms in total. The van der Waals surface area contributed by atoms with Crippen LogP contribution in [0.15, 0.2) is 0 Å². The molecule has 1 aliphatic rings. The van der Waals surface area contributed by atoms with E-state index in [1.54, 1.807) is 0 Å². The van der Waals surface area contributed by atoms with Gasteiger partial charge in [0.25, 0.3) is 0 Å². The maximum Gasteiger partial charge on any atom is 0.344 e. The molecule has 2 rings (SSSR count). The number of methoxy groups -OCH3 is 1. The van der Waals surface area contributed by atoms with Crippen molar-refractivity contribution in [2.24, 2.45) is 5.41 Å². The minimum absolute atomic E-state index is 0.234. The maximum atomic E-state index is 11.5. The van der Waals surface area contributed by atoms with Gasteiger partial charge in [-0.05, 0) is 23.4 Å². The van der Waals surface area contributed by atoms with Gasteiger partial charge in [0.1, 0.15) is 10.6 Å². The SMILES string of the molecule is COC(=O)c1c(N)nsc1NC1CC1(C)C. The highest BCUT2D eigenvalue weighted by atomic mass is 32.1. The fourth-order valence-corrected chi connectivity index (χ4v) is 2.33. The molecule has 1 unspecified atom stereocenters. The Balaban J connectivity index is 2.19. The van der Waals surface area contributed by atoms with Crippen molar-refractivity contribution in [1.82, 2.24) is 4.37 Å². The second-order valence-electron chi connectivity index (χ2n) is 4.65. The van der Waals surface area contributed by atoms with Gasteiger partial charge in [0.2, 0.25) is 0 Å². The van der Waals surface area contributed by atoms with Gasteiger partial charge in [-0.3, -0.25) is 0 Å². The molecule has 16 heavy (non-hydrogen) atoms. The van der Waals surface area contributed by atoms with E-state index >= 15 is 0 Å². The zero-order valence-electron chi connectivity index (χ0n) is 9.53. The number of nitrogens with zero attached hydrogens (tertiary/aromatic N) is 1. The van der Waals surface area contributed by atoms with E-state index in [-0.39, 0.29) is 11.2 Å². The van der Waals surface area contributed by atoms with E-state index in [4.69, 9.17) is 5.73 Å². The fraction of sp³-hybridized carbons (Fsp3) is 0.600. The monoisotopic (exact) mass is 241 g/mol. The van der Waals surface area contributed by atoms with E-state index in [0.717, 1.165) is 6.42 Å². The van der Waals surface area contributed by atoms with Crippen LogP contribution >= 0.6 is 11.5 Å². The Morgan fingerprint density at radius 2 is 2.31 bits per heavy atom. The lowest BCUT2D eigenvalue weighted by molar-refractivity contribution is 0.0603. The number of aromatic nitrogens is 1. The molecule has 0 saturated heterocycles. The Labute approximate surface area is 98.1 Å². The van der Waals surface area contributed by atoms with Crippen molar-refractivity contribution < 1.29 is 9.53 Å². The lowest BCUT2D eigenvalue weighted by Gasteiger charge is -2.07. The zero-order valence-corrected chi connectivity index (χ0v) is 10.4. The van der Waals surface area contributed by atoms with Gasteiger partial charge in [-0.2, -0.15) is 4.37 Å². The first-order valence-electron chi connectivity index (χ1n) is 5.05. The fourth-order valence-electron chi connectivity index (χ4n) is 1.57. The molecule has 6 heteroatoms. The molecule has 0 amide bonds. The van der Waals surface area contributed by atoms with E-state index in [0.29, 0.717) is 16.6 Å². The average Bonchev–Trinajstić information content (AvgIpc) is 2.64. The molecular weight excluding hydrogens is 226 g/mol. The Hall–Kier alpha value is -1.30. The van der Waals surface area contributed by atoms with Gasteiger partial charge < -0.3 is 15.8 Å². The molecule has 1 atom stereocenters. The number of hydrogen-bond acceptors (Lipinski definition) is 6. The highest BCUT2D eigenvalue weighted by Crippen LogP contribution is 2.47. The first-order chi connectivity index (χ1) is 7.45. The van der Waals surface area contributed by atoms with Crippen molar-refractivity contribution >= 4 is 28.3 Å². The van der Waals surface area contributed by atoms with Crippen molar-refractivity contribution in [2.75, 3.05) is 18.2 Å². The normalized spacial score (nSPS) is 21.6. The number of hydrogen-bond donors (Lipinski definition) is 2. The Morgan fingerprint density at radius 3 is 2.81 bits per heavy atom. The van der Waals surface area contributed by atoms with Crippen molar-refractivity contribution in [3.8, 4) is 0 Å². The van der Waals surface area contributed by atoms with E-state index in [9.17, 15) is 4.79 Å². The summed E-state index contributed by atoms with van der Waals surface area (Å²) in [7, 11) is 1.34. The van der Waals surface area contributed by atoms with Crippen LogP contribution in [0.3, 0.4) is 0 Å². The second kappa shape index (κ2) is 3.62. The van der Waals surface area contributed by atoms with Gasteiger partial charge in [0.05, 0.1) is 7.11 Å². The summed E-state index contributed by atoms with van der Waals surface area (Å²) in [5, 5.41) is 3.99. The summed E-state index contributed by atoms with van der Waals surface area (Å²) in [6.07, 6.45) is 1.09. The third-order valence-corrected chi connectivity index (χ3v) is 3.72. The summed E-state index contributed by atoms with van der Waals surface area (Å²) < 4.78 is 8.65. The quantitative estimate of drug-likeness (QED) is 0.788. The number of carbonyl (C=O) groups is 1. The molecule has 0 aliphatic heterocycles. The van der Waals surface area contributed by atoms with Crippen molar-refractivity contribution in [3.05, 3.63) is 5.56 Å². The van der Waals surface area contributed by atoms with Gasteiger partial charge in [-0.15, -0.1) is 0 Å². The topological polar surface area (TPSA) is 77.2 Å². The molecule has 1 aromatic rings. The Kier molecular flexibility index (Phi) is 2.53. The molecule has 88 valence electrons. The van der Waals surface area contributed by atoms with Crippen molar-refractivity contribution in [2.45, 2.75) is 26.3 Å². The molecule has 1 aromatic heterocycles. The Morgan fingerprint density at radius 1 is 1.69 bits per heavy atom. The predicted octanol–water partition coefficient (Wildman–Crippen LogP) is 1.72. The third-order valence-electron chi connectivity index (χ3n) is 2.93. The molecule has 1 fully saturated rings. The first-order valence-corrected chi connectivity index (χ1v) is 5.83. The van der Waals surface area contributed by atoms with Crippen molar-refractivity contribution in [3.63, 3.8) is 0 Å². The highest BCUT2D eigenvalue weighted by molar-refractivity contribution is 7.11. The van der Waals surface area contributed by atoms with Gasteiger partial charge in [0, 0.05) is 6.04 Å². The predicted molar refractivity (Wildman–Crippen MR) is 63.7 cm³/mol. The molecule has 0 radical (unpaired) electrons. The van der Waals surface area contributed by atoms with Crippen LogP contribution in [-0.4, -0.2) is 23.5 Å². The number of nitrogen functional groups attached to an aromatic ring is 1. The number of rotatable bonds is 3. The largest absolute Gasteiger partial charge is 0.465 e. The van der Waals surface area contributed by atoms with Crippen LogP contribution in [0.1, 0.15) is 30.6 Å². The minimum Gasteiger partial charge on any atom is -0.465 e. The minimum atomic E-state index is -0.438. The summed E-state index contributed by atoms with van der Waals surface area (Å²) in [5.74, 6) is -0.204. The molecule has 1 saturated carbocycles. The summed E-state index contributed by atoms with van der Waals surface area (Å²) in [5.41, 5.74) is 6.28. The van der Waals surface area contributed by atoms with E-state index in [1.807, 2.05) is 0 Å². The van der Waals surface area contributed by atoms with Crippen LogP contribution in [-0.2, 0) is 4.74 Å². The molecule has 0 spiro atoms. The number of nitrogens with two attached hydrogens (primary N) is 1. The van der Waals surface area contributed by atoms with E-state index in [2.05, 4.69) is 28.3 Å². The lowest BCUT2D eigenvalue weighted by atomic mass is 10.2. The third kappa shape index (κ3) is 1.84. The van der Waals surface area contributed by atoms with Crippen LogP contribution in [0.2, 0.25) is 0 Å². The van der Waals surface area contributed by atoms with Crippen LogP contribution < -0.4 is 11.1 Å². The van der Waals surface area contributed by atoms with Crippen LogP contribution in [0.25, 0.3) is 0 Å². The standard InChI is InChI=1S/C10H15N3O2S/c1-10(2)4-5(10)12-8-6(9(14)15-3)7(11)13-16-8/h5,12H,4H2,1-3H3,(H2,11,13). The number of ether oxygens (including phenoxy) is 1. The number of carbonyl (C=O) groups excluding carboxylic acids is 1. The van der Waals surface area contributed by atoms with Gasteiger partial charge >= 0.3 is 5.97 Å². The van der Waals surface area contributed by atoms with E-state index < -0.39 is 5.97 Å². The lowest BCUT2D eigenvalue weighted by Crippen LogP contribution is -2.12. The van der Waals surface area contributed by atoms with Gasteiger partial charge in [-0.1, -0.05) is 13.8 Å². The summed E-state index contributed by atoms with van der Waals surface area (Å²) in [6.45, 7) is 4.35. The summed E-state index contributed by atoms with van der Waals surface area (Å²) >= 11 is 1.20. The van der Waals surface area contributed by atoms with Gasteiger partial charge in [-0.25, -0.2) is 4.79 Å². The summed E-state index contributed by atoms with van der Waals surface area (Å²) in [6, 6.07) is 0.385. The van der Waals surface area contributed by atoms with Crippen molar-refractivity contribution in [1.29, 1.82) is 0 Å². The second-order valence-corrected chi connectivity index (χ2v) is 5.43. The highest BCUT2D eigenvalue weighted by Gasteiger charge is 2.46. The Bertz CT molecular complexity index is 428. The first kappa shape index (κ1) is 11.2. The average molecular weight is 241 g/mol. The molecule has 0 bridgehead atoms. The number of anilines is 2. The van der Waals surface area contributed by atoms with Crippen LogP contribution in [0.4, 0.5) is 10.8 Å². The van der Waals surface area contributed by atoms with Crippen LogP contribution in [0, 0.1) is 5.41 Å². The molecule has 1 aliphatic carbocycles. The molecule has 0 aromatic carbocycles. The molecule has 1 heterocycles. The molecule has 3 N–H and O–H groups in total. The number of esters is 1. The maximum absolute atomic E-state index is 11.5. The smallest absolute Gasteiger partial charge is 0.344 e. The summed E-state index contributed by atoms with van der Waals surface area (Å²) in [4.78, 5) is 11.5. The van der Waals surface area contributed by atoms with Crippen LogP contribution in [0.5, 0.6) is 0 Å². The van der Waals surface area contributed by atoms with Gasteiger partial charge in [0.15, 0.2) is 5.82 Å². The van der Waals surface area contributed by atoms with E-state index in [1.165, 1.54) is 18.6 Å². The zero-order chi connectivity index (χ0) is 11.9. The number of nitrogens with one attached hydrogen (secondary N) is 1. The molecular formula is C10H15N3O2S.